The minimum Gasteiger partial charge on any atom is -0.476 e. The summed E-state index contributed by atoms with van der Waals surface area (Å²) in [5.41, 5.74) is 4.06. The summed E-state index contributed by atoms with van der Waals surface area (Å²) >= 11 is 1.17. The van der Waals surface area contributed by atoms with Gasteiger partial charge in [-0.1, -0.05) is 23.5 Å². The van der Waals surface area contributed by atoms with E-state index in [9.17, 15) is 18.0 Å². The maximum Gasteiger partial charge on any atom is 0.303 e. The molecule has 5 nitrogen and oxygen atoms in total. The van der Waals surface area contributed by atoms with Crippen molar-refractivity contribution in [3.05, 3.63) is 42.0 Å². The van der Waals surface area contributed by atoms with E-state index in [-0.39, 0.29) is 22.3 Å². The number of benzene rings is 2. The van der Waals surface area contributed by atoms with E-state index in [1.165, 1.54) is 31.3 Å². The lowest BCUT2D eigenvalue weighted by Crippen LogP contribution is -2.51. The zero-order valence-corrected chi connectivity index (χ0v) is 15.8. The molecule has 1 aliphatic rings. The normalized spacial score (nSPS) is 16.2. The van der Waals surface area contributed by atoms with Gasteiger partial charge in [-0.15, -0.1) is 0 Å². The van der Waals surface area contributed by atoms with Gasteiger partial charge in [0.15, 0.2) is 17.4 Å². The quantitative estimate of drug-likeness (QED) is 0.635. The summed E-state index contributed by atoms with van der Waals surface area (Å²) in [5, 5.41) is 0.199. The second kappa shape index (κ2) is 6.10. The van der Waals surface area contributed by atoms with Crippen molar-refractivity contribution in [2.45, 2.75) is 25.4 Å². The smallest absolute Gasteiger partial charge is 0.303 e. The number of hydrogen-bond acceptors (Lipinski definition) is 5. The molecule has 2 aromatic carbocycles. The second-order valence-electron chi connectivity index (χ2n) is 6.97. The first-order chi connectivity index (χ1) is 13.1. The Morgan fingerprint density at radius 2 is 2.00 bits per heavy atom. The largest absolute Gasteiger partial charge is 0.476 e. The van der Waals surface area contributed by atoms with Gasteiger partial charge >= 0.3 is 5.92 Å². The Bertz CT molecular complexity index is 1060. The van der Waals surface area contributed by atoms with E-state index in [4.69, 9.17) is 10.5 Å². The van der Waals surface area contributed by atoms with Crippen LogP contribution >= 0.6 is 11.3 Å². The number of thiazole rings is 1. The maximum absolute atomic E-state index is 14.4. The van der Waals surface area contributed by atoms with E-state index in [1.54, 1.807) is 12.1 Å². The summed E-state index contributed by atoms with van der Waals surface area (Å²) in [6.45, 7) is 1.11. The third-order valence-corrected chi connectivity index (χ3v) is 5.46. The van der Waals surface area contributed by atoms with E-state index in [1.807, 2.05) is 12.1 Å². The number of nitrogens with two attached hydrogens (primary N) is 1. The van der Waals surface area contributed by atoms with Gasteiger partial charge in [0.05, 0.1) is 15.8 Å². The van der Waals surface area contributed by atoms with Crippen molar-refractivity contribution in [2.24, 2.45) is 0 Å². The summed E-state index contributed by atoms with van der Waals surface area (Å²) in [6.07, 6.45) is 0. The molecule has 1 aromatic heterocycles. The van der Waals surface area contributed by atoms with Crippen molar-refractivity contribution in [1.29, 1.82) is 0 Å². The van der Waals surface area contributed by atoms with Crippen molar-refractivity contribution in [1.82, 2.24) is 4.98 Å². The van der Waals surface area contributed by atoms with Gasteiger partial charge in [-0.2, -0.15) is 8.78 Å². The number of aromatic nitrogens is 1. The number of hydrogen-bond donors (Lipinski definition) is 1. The lowest BCUT2D eigenvalue weighted by Gasteiger charge is -2.39. The number of anilines is 3. The molecule has 2 N–H and O–H groups in total. The van der Waals surface area contributed by atoms with E-state index < -0.39 is 29.7 Å². The molecule has 4 rings (SSSR count). The Labute approximate surface area is 162 Å². The fraction of sp³-hybridized carbons (Fsp3) is 0.263. The highest BCUT2D eigenvalue weighted by Crippen LogP contribution is 2.50. The van der Waals surface area contributed by atoms with Gasteiger partial charge in [-0.3, -0.25) is 4.79 Å². The molecule has 1 aliphatic heterocycles. The Hall–Kier alpha value is -2.81. The van der Waals surface area contributed by atoms with Crippen LogP contribution in [0.25, 0.3) is 10.2 Å². The van der Waals surface area contributed by atoms with Gasteiger partial charge in [0.2, 0.25) is 0 Å². The number of carbonyl (C=O) groups excluding carboxylic acids is 1. The lowest BCUT2D eigenvalue weighted by atomic mass is 9.98. The highest BCUT2D eigenvalue weighted by atomic mass is 32.1. The lowest BCUT2D eigenvalue weighted by molar-refractivity contribution is -0.131. The topological polar surface area (TPSA) is 68.5 Å². The number of rotatable bonds is 3. The van der Waals surface area contributed by atoms with E-state index in [0.29, 0.717) is 5.52 Å². The number of nitrogens with zero attached hydrogens (tertiary/aromatic N) is 2. The molecule has 0 unspecified atom stereocenters. The zero-order chi connectivity index (χ0) is 20.3. The molecule has 0 saturated carbocycles. The first-order valence-corrected chi connectivity index (χ1v) is 9.22. The standard InChI is InChI=1S/C19H16F3N3O2S/c1-18(2)16(26)25(17-24-12-5-3-4-6-14(12)28-17)15-11(19(21,22)9-20)7-10(23)8-13(15)27-18/h3-8H,9,23H2,1-2H3. The molecule has 146 valence electrons. The Balaban J connectivity index is 2.03. The molecule has 3 aromatic rings. The third kappa shape index (κ3) is 2.77. The van der Waals surface area contributed by atoms with Crippen LogP contribution < -0.4 is 15.4 Å². The number of halogens is 3. The van der Waals surface area contributed by atoms with Crippen molar-refractivity contribution >= 4 is 44.0 Å². The molecule has 0 fully saturated rings. The zero-order valence-electron chi connectivity index (χ0n) is 15.0. The number of fused-ring (bicyclic) bond motifs is 2. The predicted octanol–water partition coefficient (Wildman–Crippen LogP) is 4.78. The minimum atomic E-state index is -3.85. The highest BCUT2D eigenvalue weighted by molar-refractivity contribution is 7.22. The maximum atomic E-state index is 14.4. The summed E-state index contributed by atoms with van der Waals surface area (Å²) in [7, 11) is 0. The molecule has 0 atom stereocenters. The number of alkyl halides is 3. The van der Waals surface area contributed by atoms with Gasteiger partial charge in [-0.05, 0) is 32.0 Å². The molecule has 9 heteroatoms. The predicted molar refractivity (Wildman–Crippen MR) is 102 cm³/mol. The van der Waals surface area contributed by atoms with Crippen molar-refractivity contribution in [2.75, 3.05) is 17.3 Å². The third-order valence-electron chi connectivity index (χ3n) is 4.44. The number of para-hydroxylation sites is 1. The van der Waals surface area contributed by atoms with E-state index in [0.717, 1.165) is 15.7 Å². The fourth-order valence-corrected chi connectivity index (χ4v) is 4.09. The summed E-state index contributed by atoms with van der Waals surface area (Å²) in [6, 6.07) is 9.48. The fourth-order valence-electron chi connectivity index (χ4n) is 3.12. The minimum absolute atomic E-state index is 0.0173. The van der Waals surface area contributed by atoms with Crippen LogP contribution in [0.3, 0.4) is 0 Å². The highest BCUT2D eigenvalue weighted by Gasteiger charge is 2.48. The Kier molecular flexibility index (Phi) is 4.04. The van der Waals surface area contributed by atoms with Gasteiger partial charge in [0.25, 0.3) is 5.91 Å². The van der Waals surface area contributed by atoms with Crippen LogP contribution in [0.1, 0.15) is 19.4 Å². The van der Waals surface area contributed by atoms with Crippen molar-refractivity contribution < 1.29 is 22.7 Å². The molecule has 0 spiro atoms. The molecule has 0 radical (unpaired) electrons. The number of ether oxygens (including phenoxy) is 1. The molecule has 0 saturated heterocycles. The van der Waals surface area contributed by atoms with Gasteiger partial charge in [0, 0.05) is 11.8 Å². The molecule has 2 heterocycles. The van der Waals surface area contributed by atoms with Crippen LogP contribution in [0.15, 0.2) is 36.4 Å². The van der Waals surface area contributed by atoms with Crippen molar-refractivity contribution in [3.8, 4) is 5.75 Å². The molecule has 28 heavy (non-hydrogen) atoms. The van der Waals surface area contributed by atoms with Crippen molar-refractivity contribution in [3.63, 3.8) is 0 Å². The van der Waals surface area contributed by atoms with Gasteiger partial charge < -0.3 is 10.5 Å². The van der Waals surface area contributed by atoms with Crippen LogP contribution in [-0.2, 0) is 10.7 Å². The van der Waals surface area contributed by atoms with Crippen LogP contribution in [0.4, 0.5) is 29.7 Å². The first kappa shape index (κ1) is 18.5. The Morgan fingerprint density at radius 3 is 2.68 bits per heavy atom. The summed E-state index contributed by atoms with van der Waals surface area (Å²) in [5.74, 6) is -4.45. The second-order valence-corrected chi connectivity index (χ2v) is 7.98. The average Bonchev–Trinajstić information content (AvgIpc) is 3.05. The van der Waals surface area contributed by atoms with Crippen LogP contribution in [-0.4, -0.2) is 23.2 Å². The summed E-state index contributed by atoms with van der Waals surface area (Å²) in [4.78, 5) is 18.6. The van der Waals surface area contributed by atoms with Gasteiger partial charge in [0.1, 0.15) is 11.4 Å². The Morgan fingerprint density at radius 1 is 1.29 bits per heavy atom. The number of nitrogen functional groups attached to an aromatic ring is 1. The van der Waals surface area contributed by atoms with Crippen LogP contribution in [0, 0.1) is 0 Å². The molecule has 0 aliphatic carbocycles. The number of amides is 1. The average molecular weight is 407 g/mol. The van der Waals surface area contributed by atoms with E-state index >= 15 is 0 Å². The van der Waals surface area contributed by atoms with Crippen LogP contribution in [0.5, 0.6) is 5.75 Å². The van der Waals surface area contributed by atoms with Gasteiger partial charge in [-0.25, -0.2) is 14.3 Å². The molecule has 0 bridgehead atoms. The monoisotopic (exact) mass is 407 g/mol. The molecule has 1 amide bonds. The molecular weight excluding hydrogens is 391 g/mol. The van der Waals surface area contributed by atoms with Crippen LogP contribution in [0.2, 0.25) is 0 Å². The molecular formula is C19H16F3N3O2S. The first-order valence-electron chi connectivity index (χ1n) is 8.41. The number of carbonyl (C=O) groups is 1. The van der Waals surface area contributed by atoms with E-state index in [2.05, 4.69) is 4.98 Å². The summed E-state index contributed by atoms with van der Waals surface area (Å²) < 4.78 is 48.5. The SMILES string of the molecule is CC1(C)Oc2cc(N)cc(C(F)(F)CF)c2N(c2nc3ccccc3s2)C1=O.